The van der Waals surface area contributed by atoms with E-state index in [1.807, 2.05) is 13.8 Å². The first kappa shape index (κ1) is 17.4. The Labute approximate surface area is 154 Å². The van der Waals surface area contributed by atoms with Gasteiger partial charge in [0.25, 0.3) is 0 Å². The van der Waals surface area contributed by atoms with Crippen molar-refractivity contribution in [3.63, 3.8) is 0 Å². The largest absolute Gasteiger partial charge is 0.472 e. The van der Waals surface area contributed by atoms with Crippen molar-refractivity contribution >= 4 is 0 Å². The van der Waals surface area contributed by atoms with Crippen molar-refractivity contribution in [2.45, 2.75) is 64.9 Å². The van der Waals surface area contributed by atoms with Gasteiger partial charge in [0.1, 0.15) is 11.9 Å². The van der Waals surface area contributed by atoms with Crippen molar-refractivity contribution in [1.29, 1.82) is 0 Å². The molecule has 4 heterocycles. The standard InChI is InChI=1S/C19H27N5O2/c1-11(2)17-22-18(26-23-17)14-5-7-24(8-6-14)10-15-9-16-12(3)20-13(4)21-19(16)25-15/h11,14-15H,5-10H2,1-4H3. The number of hydrogen-bond acceptors (Lipinski definition) is 7. The summed E-state index contributed by atoms with van der Waals surface area (Å²) in [6.07, 6.45) is 3.18. The molecule has 1 atom stereocenters. The topological polar surface area (TPSA) is 77.2 Å². The van der Waals surface area contributed by atoms with Gasteiger partial charge >= 0.3 is 0 Å². The molecule has 2 aliphatic rings. The van der Waals surface area contributed by atoms with Gasteiger partial charge in [-0.3, -0.25) is 4.90 Å². The van der Waals surface area contributed by atoms with Gasteiger partial charge in [-0.2, -0.15) is 9.97 Å². The Kier molecular flexibility index (Phi) is 4.65. The zero-order chi connectivity index (χ0) is 18.3. The smallest absolute Gasteiger partial charge is 0.229 e. The first-order chi connectivity index (χ1) is 12.5. The predicted molar refractivity (Wildman–Crippen MR) is 96.4 cm³/mol. The van der Waals surface area contributed by atoms with Crippen LogP contribution in [0.4, 0.5) is 0 Å². The average Bonchev–Trinajstić information content (AvgIpc) is 3.22. The van der Waals surface area contributed by atoms with Crippen LogP contribution >= 0.6 is 0 Å². The van der Waals surface area contributed by atoms with Gasteiger partial charge in [0.15, 0.2) is 5.82 Å². The third-order valence-electron chi connectivity index (χ3n) is 5.37. The summed E-state index contributed by atoms with van der Waals surface area (Å²) < 4.78 is 11.6. The lowest BCUT2D eigenvalue weighted by atomic mass is 9.96. The normalized spacial score (nSPS) is 21.2. The van der Waals surface area contributed by atoms with E-state index in [4.69, 9.17) is 9.26 Å². The number of fused-ring (bicyclic) bond motifs is 1. The second-order valence-electron chi connectivity index (χ2n) is 7.80. The molecule has 0 bridgehead atoms. The van der Waals surface area contributed by atoms with Crippen LogP contribution in [0, 0.1) is 13.8 Å². The molecule has 2 aromatic heterocycles. The van der Waals surface area contributed by atoms with Gasteiger partial charge in [0.2, 0.25) is 11.8 Å². The van der Waals surface area contributed by atoms with Crippen molar-refractivity contribution in [2.75, 3.05) is 19.6 Å². The van der Waals surface area contributed by atoms with Gasteiger partial charge < -0.3 is 9.26 Å². The Hall–Kier alpha value is -2.02. The fraction of sp³-hybridized carbons (Fsp3) is 0.684. The number of piperidine rings is 1. The molecule has 7 nitrogen and oxygen atoms in total. The quantitative estimate of drug-likeness (QED) is 0.832. The summed E-state index contributed by atoms with van der Waals surface area (Å²) in [6.45, 7) is 11.1. The van der Waals surface area contributed by atoms with Gasteiger partial charge in [-0.15, -0.1) is 0 Å². The van der Waals surface area contributed by atoms with Crippen LogP contribution in [0.3, 0.4) is 0 Å². The maximum atomic E-state index is 6.08. The molecule has 0 saturated carbocycles. The molecule has 1 unspecified atom stereocenters. The molecule has 0 N–H and O–H groups in total. The SMILES string of the molecule is Cc1nc(C)c2c(n1)OC(CN1CCC(c3nc(C(C)C)no3)CC1)C2. The van der Waals surface area contributed by atoms with Crippen molar-refractivity contribution in [1.82, 2.24) is 25.0 Å². The van der Waals surface area contributed by atoms with E-state index in [0.29, 0.717) is 11.8 Å². The first-order valence-corrected chi connectivity index (χ1v) is 9.56. The number of aryl methyl sites for hydroxylation is 2. The summed E-state index contributed by atoms with van der Waals surface area (Å²) in [4.78, 5) is 15.9. The second kappa shape index (κ2) is 6.95. The van der Waals surface area contributed by atoms with E-state index in [1.165, 1.54) is 5.56 Å². The minimum absolute atomic E-state index is 0.173. The third kappa shape index (κ3) is 3.45. The molecular weight excluding hydrogens is 330 g/mol. The highest BCUT2D eigenvalue weighted by Crippen LogP contribution is 2.31. The van der Waals surface area contributed by atoms with Gasteiger partial charge in [0.05, 0.1) is 0 Å². The zero-order valence-electron chi connectivity index (χ0n) is 16.0. The molecule has 0 aromatic carbocycles. The highest BCUT2D eigenvalue weighted by molar-refractivity contribution is 5.34. The maximum absolute atomic E-state index is 6.08. The van der Waals surface area contributed by atoms with E-state index in [0.717, 1.165) is 68.0 Å². The number of likely N-dealkylation sites (tertiary alicyclic amines) is 1. The van der Waals surface area contributed by atoms with Crippen molar-refractivity contribution in [3.8, 4) is 5.88 Å². The van der Waals surface area contributed by atoms with Gasteiger partial charge in [-0.05, 0) is 39.8 Å². The average molecular weight is 357 g/mol. The lowest BCUT2D eigenvalue weighted by Crippen LogP contribution is -2.40. The second-order valence-corrected chi connectivity index (χ2v) is 7.80. The molecule has 140 valence electrons. The number of rotatable bonds is 4. The monoisotopic (exact) mass is 357 g/mol. The van der Waals surface area contributed by atoms with Crippen LogP contribution in [-0.4, -0.2) is 50.7 Å². The summed E-state index contributed by atoms with van der Waals surface area (Å²) in [5.74, 6) is 3.86. The Morgan fingerprint density at radius 1 is 1.12 bits per heavy atom. The molecule has 0 radical (unpaired) electrons. The van der Waals surface area contributed by atoms with E-state index in [2.05, 4.69) is 38.9 Å². The van der Waals surface area contributed by atoms with Crippen LogP contribution in [0.1, 0.15) is 67.3 Å². The predicted octanol–water partition coefficient (Wildman–Crippen LogP) is 2.78. The summed E-state index contributed by atoms with van der Waals surface area (Å²) in [5.41, 5.74) is 2.22. The summed E-state index contributed by atoms with van der Waals surface area (Å²) in [5, 5.41) is 4.10. The molecule has 26 heavy (non-hydrogen) atoms. The Bertz CT molecular complexity index is 780. The Balaban J connectivity index is 1.31. The summed E-state index contributed by atoms with van der Waals surface area (Å²) in [6, 6.07) is 0. The number of nitrogens with zero attached hydrogens (tertiary/aromatic N) is 5. The van der Waals surface area contributed by atoms with Gasteiger partial charge in [-0.1, -0.05) is 19.0 Å². The summed E-state index contributed by atoms with van der Waals surface area (Å²) >= 11 is 0. The number of aromatic nitrogens is 4. The summed E-state index contributed by atoms with van der Waals surface area (Å²) in [7, 11) is 0. The minimum Gasteiger partial charge on any atom is -0.472 e. The molecule has 1 saturated heterocycles. The van der Waals surface area contributed by atoms with E-state index >= 15 is 0 Å². The Morgan fingerprint density at radius 2 is 1.88 bits per heavy atom. The van der Waals surface area contributed by atoms with Gasteiger partial charge in [0, 0.05) is 36.1 Å². The molecular formula is C19H27N5O2. The van der Waals surface area contributed by atoms with Crippen LogP contribution in [0.5, 0.6) is 5.88 Å². The lowest BCUT2D eigenvalue weighted by Gasteiger charge is -2.31. The van der Waals surface area contributed by atoms with E-state index < -0.39 is 0 Å². The van der Waals surface area contributed by atoms with E-state index in [-0.39, 0.29) is 6.10 Å². The zero-order valence-corrected chi connectivity index (χ0v) is 16.0. The molecule has 0 amide bonds. The maximum Gasteiger partial charge on any atom is 0.229 e. The molecule has 0 spiro atoms. The van der Waals surface area contributed by atoms with E-state index in [9.17, 15) is 0 Å². The lowest BCUT2D eigenvalue weighted by molar-refractivity contribution is 0.121. The third-order valence-corrected chi connectivity index (χ3v) is 5.37. The van der Waals surface area contributed by atoms with Crippen molar-refractivity contribution in [3.05, 3.63) is 28.8 Å². The van der Waals surface area contributed by atoms with Crippen LogP contribution < -0.4 is 4.74 Å². The van der Waals surface area contributed by atoms with Gasteiger partial charge in [-0.25, -0.2) is 4.98 Å². The number of hydrogen-bond donors (Lipinski definition) is 0. The first-order valence-electron chi connectivity index (χ1n) is 9.56. The molecule has 0 aliphatic carbocycles. The van der Waals surface area contributed by atoms with E-state index in [1.54, 1.807) is 0 Å². The Morgan fingerprint density at radius 3 is 2.58 bits per heavy atom. The fourth-order valence-corrected chi connectivity index (χ4v) is 3.86. The highest BCUT2D eigenvalue weighted by Gasteiger charge is 2.31. The van der Waals surface area contributed by atoms with Crippen molar-refractivity contribution < 1.29 is 9.26 Å². The van der Waals surface area contributed by atoms with Crippen LogP contribution in [0.25, 0.3) is 0 Å². The fourth-order valence-electron chi connectivity index (χ4n) is 3.86. The van der Waals surface area contributed by atoms with Crippen LogP contribution in [0.2, 0.25) is 0 Å². The van der Waals surface area contributed by atoms with Crippen LogP contribution in [0.15, 0.2) is 4.52 Å². The van der Waals surface area contributed by atoms with Crippen LogP contribution in [-0.2, 0) is 6.42 Å². The highest BCUT2D eigenvalue weighted by atomic mass is 16.5. The minimum atomic E-state index is 0.173. The van der Waals surface area contributed by atoms with Crippen molar-refractivity contribution in [2.24, 2.45) is 0 Å². The molecule has 2 aliphatic heterocycles. The molecule has 7 heteroatoms. The molecule has 1 fully saturated rings. The number of ether oxygens (including phenoxy) is 1. The molecule has 4 rings (SSSR count). The molecule has 2 aromatic rings.